The van der Waals surface area contributed by atoms with Crippen molar-refractivity contribution in [2.45, 2.75) is 6.92 Å². The summed E-state index contributed by atoms with van der Waals surface area (Å²) in [5.74, 6) is -0.578. The molecule has 2 rings (SSSR count). The molecule has 7 nitrogen and oxygen atoms in total. The summed E-state index contributed by atoms with van der Waals surface area (Å²) in [7, 11) is 3.05. The number of methoxy groups -OCH3 is 1. The van der Waals surface area contributed by atoms with Crippen molar-refractivity contribution in [1.82, 2.24) is 15.5 Å². The van der Waals surface area contributed by atoms with Crippen molar-refractivity contribution in [3.8, 4) is 0 Å². The molecule has 1 saturated heterocycles. The molecular formula is C18H26FIN4O3. The fraction of sp³-hybridized carbons (Fsp3) is 0.500. The molecule has 1 heterocycles. The zero-order chi connectivity index (χ0) is 19.1. The number of esters is 1. The van der Waals surface area contributed by atoms with Crippen molar-refractivity contribution >= 4 is 41.8 Å². The lowest BCUT2D eigenvalue weighted by Crippen LogP contribution is -2.43. The first-order valence-corrected chi connectivity index (χ1v) is 8.54. The number of benzene rings is 1. The second-order valence-corrected chi connectivity index (χ2v) is 6.22. The van der Waals surface area contributed by atoms with Crippen LogP contribution in [0.15, 0.2) is 29.3 Å². The lowest BCUT2D eigenvalue weighted by molar-refractivity contribution is -0.145. The molecule has 1 aromatic carbocycles. The molecule has 0 radical (unpaired) electrons. The van der Waals surface area contributed by atoms with E-state index in [1.807, 2.05) is 11.8 Å². The van der Waals surface area contributed by atoms with Crippen LogP contribution in [0.25, 0.3) is 0 Å². The summed E-state index contributed by atoms with van der Waals surface area (Å²) >= 11 is 0. The van der Waals surface area contributed by atoms with E-state index in [-0.39, 0.29) is 47.3 Å². The molecule has 2 unspecified atom stereocenters. The van der Waals surface area contributed by atoms with E-state index in [1.165, 1.54) is 25.3 Å². The minimum absolute atomic E-state index is 0. The van der Waals surface area contributed by atoms with E-state index >= 15 is 0 Å². The van der Waals surface area contributed by atoms with Gasteiger partial charge in [-0.3, -0.25) is 14.6 Å². The zero-order valence-electron chi connectivity index (χ0n) is 15.7. The van der Waals surface area contributed by atoms with Gasteiger partial charge in [0, 0.05) is 33.2 Å². The van der Waals surface area contributed by atoms with Gasteiger partial charge in [0.2, 0.25) is 0 Å². The number of halogens is 2. The van der Waals surface area contributed by atoms with E-state index in [4.69, 9.17) is 4.74 Å². The van der Waals surface area contributed by atoms with Gasteiger partial charge in [0.1, 0.15) is 5.82 Å². The summed E-state index contributed by atoms with van der Waals surface area (Å²) in [6, 6.07) is 5.84. The number of likely N-dealkylation sites (tertiary alicyclic amines) is 1. The highest BCUT2D eigenvalue weighted by Gasteiger charge is 2.36. The second kappa shape index (κ2) is 11.1. The van der Waals surface area contributed by atoms with Crippen LogP contribution in [0.1, 0.15) is 17.3 Å². The number of carbonyl (C=O) groups is 2. The molecule has 1 fully saturated rings. The van der Waals surface area contributed by atoms with E-state index in [2.05, 4.69) is 15.6 Å². The average Bonchev–Trinajstić information content (AvgIpc) is 3.02. The topological polar surface area (TPSA) is 83.0 Å². The summed E-state index contributed by atoms with van der Waals surface area (Å²) in [5, 5.41) is 5.81. The molecule has 1 aliphatic rings. The monoisotopic (exact) mass is 492 g/mol. The highest BCUT2D eigenvalue weighted by Crippen LogP contribution is 2.23. The standard InChI is InChI=1S/C18H25FN4O3.HI/c1-12-10-23(11-14(12)17(25)26-3)18(20-2)22-9-8-21-16(24)13-6-4-5-7-15(13)19;/h4-7,12,14H,8-11H2,1-3H3,(H,20,22)(H,21,24);1H. The Hall–Kier alpha value is -1.91. The summed E-state index contributed by atoms with van der Waals surface area (Å²) in [4.78, 5) is 30.0. The van der Waals surface area contributed by atoms with Gasteiger partial charge in [-0.1, -0.05) is 19.1 Å². The molecule has 1 aromatic rings. The molecule has 0 spiro atoms. The zero-order valence-corrected chi connectivity index (χ0v) is 18.0. The largest absolute Gasteiger partial charge is 0.469 e. The molecule has 2 atom stereocenters. The van der Waals surface area contributed by atoms with Gasteiger partial charge in [0.25, 0.3) is 5.91 Å². The summed E-state index contributed by atoms with van der Waals surface area (Å²) in [5.41, 5.74) is 0.0196. The first-order valence-electron chi connectivity index (χ1n) is 8.54. The van der Waals surface area contributed by atoms with Crippen LogP contribution in [0.2, 0.25) is 0 Å². The van der Waals surface area contributed by atoms with Gasteiger partial charge in [0.05, 0.1) is 18.6 Å². The van der Waals surface area contributed by atoms with Crippen LogP contribution in [0, 0.1) is 17.7 Å². The minimum atomic E-state index is -0.548. The molecule has 0 aromatic heterocycles. The maximum atomic E-state index is 13.6. The highest BCUT2D eigenvalue weighted by atomic mass is 127. The summed E-state index contributed by atoms with van der Waals surface area (Å²) in [6.45, 7) is 3.98. The Morgan fingerprint density at radius 1 is 1.26 bits per heavy atom. The third-order valence-corrected chi connectivity index (χ3v) is 4.44. The van der Waals surface area contributed by atoms with Crippen molar-refractivity contribution in [1.29, 1.82) is 0 Å². The van der Waals surface area contributed by atoms with Crippen LogP contribution in [0.3, 0.4) is 0 Å². The molecule has 27 heavy (non-hydrogen) atoms. The van der Waals surface area contributed by atoms with E-state index in [1.54, 1.807) is 13.1 Å². The van der Waals surface area contributed by atoms with E-state index in [0.717, 1.165) is 0 Å². The van der Waals surface area contributed by atoms with Crippen LogP contribution in [0.5, 0.6) is 0 Å². The lowest BCUT2D eigenvalue weighted by atomic mass is 9.99. The number of carbonyl (C=O) groups excluding carboxylic acids is 2. The maximum Gasteiger partial charge on any atom is 0.310 e. The Labute approximate surface area is 175 Å². The molecule has 1 aliphatic heterocycles. The van der Waals surface area contributed by atoms with Gasteiger partial charge in [-0.25, -0.2) is 4.39 Å². The van der Waals surface area contributed by atoms with Gasteiger partial charge in [-0.2, -0.15) is 0 Å². The normalized spacial score (nSPS) is 19.3. The molecule has 0 saturated carbocycles. The second-order valence-electron chi connectivity index (χ2n) is 6.22. The van der Waals surface area contributed by atoms with Crippen LogP contribution in [-0.2, 0) is 9.53 Å². The fourth-order valence-corrected chi connectivity index (χ4v) is 3.02. The quantitative estimate of drug-likeness (QED) is 0.214. The van der Waals surface area contributed by atoms with Crippen molar-refractivity contribution in [3.63, 3.8) is 0 Å². The number of nitrogens with zero attached hydrogens (tertiary/aromatic N) is 2. The summed E-state index contributed by atoms with van der Waals surface area (Å²) in [6.07, 6.45) is 0. The first-order chi connectivity index (χ1) is 12.5. The van der Waals surface area contributed by atoms with E-state index < -0.39 is 11.7 Å². The predicted molar refractivity (Wildman–Crippen MR) is 112 cm³/mol. The van der Waals surface area contributed by atoms with E-state index in [9.17, 15) is 14.0 Å². The third-order valence-electron chi connectivity index (χ3n) is 4.44. The van der Waals surface area contributed by atoms with Gasteiger partial charge in [-0.15, -0.1) is 24.0 Å². The predicted octanol–water partition coefficient (Wildman–Crippen LogP) is 1.49. The van der Waals surface area contributed by atoms with Crippen molar-refractivity contribution in [3.05, 3.63) is 35.6 Å². The number of nitrogens with one attached hydrogen (secondary N) is 2. The molecule has 9 heteroatoms. The molecule has 150 valence electrons. The first kappa shape index (κ1) is 23.1. The smallest absolute Gasteiger partial charge is 0.310 e. The SMILES string of the molecule is CN=C(NCCNC(=O)c1ccccc1F)N1CC(C)C(C(=O)OC)C1.I. The van der Waals surface area contributed by atoms with E-state index in [0.29, 0.717) is 32.1 Å². The number of rotatable bonds is 5. The fourth-order valence-electron chi connectivity index (χ4n) is 3.02. The highest BCUT2D eigenvalue weighted by molar-refractivity contribution is 14.0. The number of aliphatic imine (C=N–C) groups is 1. The van der Waals surface area contributed by atoms with Crippen molar-refractivity contribution in [2.75, 3.05) is 40.3 Å². The Kier molecular flexibility index (Phi) is 9.47. The molecule has 0 aliphatic carbocycles. The molecular weight excluding hydrogens is 466 g/mol. The van der Waals surface area contributed by atoms with Crippen LogP contribution in [-0.4, -0.2) is 63.1 Å². The average molecular weight is 492 g/mol. The van der Waals surface area contributed by atoms with Gasteiger partial charge in [0.15, 0.2) is 5.96 Å². The van der Waals surface area contributed by atoms with Gasteiger partial charge in [-0.05, 0) is 18.1 Å². The molecule has 2 N–H and O–H groups in total. The maximum absolute atomic E-state index is 13.6. The third kappa shape index (κ3) is 6.05. The lowest BCUT2D eigenvalue weighted by Gasteiger charge is -2.21. The van der Waals surface area contributed by atoms with Crippen LogP contribution in [0.4, 0.5) is 4.39 Å². The van der Waals surface area contributed by atoms with Crippen molar-refractivity contribution < 1.29 is 18.7 Å². The number of ether oxygens (including phenoxy) is 1. The number of amides is 1. The molecule has 0 bridgehead atoms. The Morgan fingerprint density at radius 2 is 1.93 bits per heavy atom. The van der Waals surface area contributed by atoms with Crippen molar-refractivity contribution in [2.24, 2.45) is 16.8 Å². The number of hydrogen-bond acceptors (Lipinski definition) is 4. The Bertz CT molecular complexity index is 686. The van der Waals surface area contributed by atoms with Crippen LogP contribution < -0.4 is 10.6 Å². The Morgan fingerprint density at radius 3 is 2.56 bits per heavy atom. The molecule has 1 amide bonds. The van der Waals surface area contributed by atoms with Gasteiger partial charge >= 0.3 is 5.97 Å². The Balaban J connectivity index is 0.00000364. The van der Waals surface area contributed by atoms with Gasteiger partial charge < -0.3 is 20.3 Å². The minimum Gasteiger partial charge on any atom is -0.469 e. The van der Waals surface area contributed by atoms with Crippen LogP contribution >= 0.6 is 24.0 Å². The number of hydrogen-bond donors (Lipinski definition) is 2. The summed E-state index contributed by atoms with van der Waals surface area (Å²) < 4.78 is 18.4. The number of guanidine groups is 1.